The molecule has 3 rings (SSSR count). The molecule has 0 aliphatic carbocycles. The van der Waals surface area contributed by atoms with Crippen LogP contribution in [0.25, 0.3) is 0 Å². The van der Waals surface area contributed by atoms with Crippen LogP contribution >= 0.6 is 0 Å². The number of likely N-dealkylation sites (tertiary alicyclic amines) is 1. The topological polar surface area (TPSA) is 108 Å². The Bertz CT molecular complexity index is 1030. The van der Waals surface area contributed by atoms with Gasteiger partial charge in [-0.2, -0.15) is 0 Å². The lowest BCUT2D eigenvalue weighted by molar-refractivity contribution is -0.169. The average Bonchev–Trinajstić information content (AvgIpc) is 2.85. The third-order valence-corrected chi connectivity index (χ3v) is 5.33. The number of benzene rings is 2. The maximum Gasteiger partial charge on any atom is 0.303 e. The first kappa shape index (κ1) is 26.5. The number of para-hydroxylation sites is 1. The molecular formula is C27H29NO8. The van der Waals surface area contributed by atoms with Gasteiger partial charge in [0.2, 0.25) is 6.10 Å². The van der Waals surface area contributed by atoms with Crippen LogP contribution in [0.15, 0.2) is 72.8 Å². The molecule has 9 nitrogen and oxygen atoms in total. The zero-order valence-electron chi connectivity index (χ0n) is 20.4. The highest BCUT2D eigenvalue weighted by molar-refractivity contribution is 5.89. The molecule has 0 radical (unpaired) electrons. The molecule has 36 heavy (non-hydrogen) atoms. The van der Waals surface area contributed by atoms with Crippen LogP contribution in [0.1, 0.15) is 26.3 Å². The van der Waals surface area contributed by atoms with Gasteiger partial charge in [0.25, 0.3) is 5.91 Å². The fourth-order valence-corrected chi connectivity index (χ4v) is 3.73. The molecule has 0 aromatic heterocycles. The standard InChI is InChI=1S/C27H29NO8/c1-18(29)33-17-25(35-20(3)31)24(34-19(2)30)15-14-23-26(36-22-12-8-5-9-13-22)27(32)28(23)16-21-10-6-4-7-11-21/h4-15,23-26H,16-17H2,1-3H3/b15-14+/t23-,24-,25+,26+/m0/s1. The molecule has 190 valence electrons. The predicted molar refractivity (Wildman–Crippen MR) is 129 cm³/mol. The van der Waals surface area contributed by atoms with Crippen LogP contribution < -0.4 is 4.74 Å². The van der Waals surface area contributed by atoms with E-state index < -0.39 is 42.3 Å². The lowest BCUT2D eigenvalue weighted by Crippen LogP contribution is -2.65. The molecule has 4 atom stereocenters. The third-order valence-electron chi connectivity index (χ3n) is 5.33. The van der Waals surface area contributed by atoms with Gasteiger partial charge in [0.05, 0.1) is 6.04 Å². The molecule has 0 spiro atoms. The molecule has 1 heterocycles. The summed E-state index contributed by atoms with van der Waals surface area (Å²) in [5.41, 5.74) is 0.937. The summed E-state index contributed by atoms with van der Waals surface area (Å²) in [5.74, 6) is -1.48. The van der Waals surface area contributed by atoms with Gasteiger partial charge in [0, 0.05) is 27.3 Å². The van der Waals surface area contributed by atoms with E-state index >= 15 is 0 Å². The summed E-state index contributed by atoms with van der Waals surface area (Å²) in [6.45, 7) is 3.67. The van der Waals surface area contributed by atoms with Gasteiger partial charge in [-0.1, -0.05) is 54.6 Å². The van der Waals surface area contributed by atoms with Crippen LogP contribution in [0.2, 0.25) is 0 Å². The summed E-state index contributed by atoms with van der Waals surface area (Å²) in [4.78, 5) is 49.4. The Morgan fingerprint density at radius 3 is 2.08 bits per heavy atom. The van der Waals surface area contributed by atoms with E-state index in [2.05, 4.69) is 0 Å². The van der Waals surface area contributed by atoms with Gasteiger partial charge in [0.15, 0.2) is 12.2 Å². The minimum absolute atomic E-state index is 0.196. The molecule has 0 unspecified atom stereocenters. The fourth-order valence-electron chi connectivity index (χ4n) is 3.73. The molecule has 0 bridgehead atoms. The minimum Gasteiger partial charge on any atom is -0.478 e. The molecule has 0 saturated carbocycles. The van der Waals surface area contributed by atoms with Crippen molar-refractivity contribution in [1.29, 1.82) is 0 Å². The Morgan fingerprint density at radius 1 is 0.889 bits per heavy atom. The zero-order chi connectivity index (χ0) is 26.1. The van der Waals surface area contributed by atoms with Gasteiger partial charge in [-0.15, -0.1) is 0 Å². The van der Waals surface area contributed by atoms with E-state index in [1.807, 2.05) is 36.4 Å². The van der Waals surface area contributed by atoms with Crippen LogP contribution in [-0.2, 0) is 39.9 Å². The summed E-state index contributed by atoms with van der Waals surface area (Å²) in [6, 6.07) is 18.0. The lowest BCUT2D eigenvalue weighted by atomic mass is 9.95. The van der Waals surface area contributed by atoms with Gasteiger partial charge in [-0.25, -0.2) is 0 Å². The van der Waals surface area contributed by atoms with Crippen molar-refractivity contribution in [3.05, 3.63) is 78.4 Å². The number of carbonyl (C=O) groups excluding carboxylic acids is 4. The van der Waals surface area contributed by atoms with Crippen LogP contribution in [0.3, 0.4) is 0 Å². The van der Waals surface area contributed by atoms with Gasteiger partial charge in [-0.05, 0) is 23.8 Å². The Labute approximate surface area is 209 Å². The molecule has 1 fully saturated rings. The molecule has 1 aliphatic heterocycles. The van der Waals surface area contributed by atoms with Crippen LogP contribution in [0.5, 0.6) is 5.75 Å². The largest absolute Gasteiger partial charge is 0.478 e. The van der Waals surface area contributed by atoms with E-state index in [0.717, 1.165) is 5.56 Å². The Balaban J connectivity index is 1.86. The molecule has 0 N–H and O–H groups in total. The second-order valence-corrected chi connectivity index (χ2v) is 8.20. The second kappa shape index (κ2) is 12.5. The number of rotatable bonds is 11. The van der Waals surface area contributed by atoms with E-state index in [4.69, 9.17) is 18.9 Å². The summed E-state index contributed by atoms with van der Waals surface area (Å²) in [6.07, 6.45) is 0.270. The summed E-state index contributed by atoms with van der Waals surface area (Å²) < 4.78 is 21.6. The Kier molecular flexibility index (Phi) is 9.21. The quantitative estimate of drug-likeness (QED) is 0.203. The number of nitrogens with zero attached hydrogens (tertiary/aromatic N) is 1. The van der Waals surface area contributed by atoms with E-state index in [-0.39, 0.29) is 12.5 Å². The van der Waals surface area contributed by atoms with Crippen molar-refractivity contribution < 1.29 is 38.1 Å². The van der Waals surface area contributed by atoms with Crippen LogP contribution in [-0.4, -0.2) is 59.7 Å². The van der Waals surface area contributed by atoms with Crippen molar-refractivity contribution in [2.24, 2.45) is 0 Å². The SMILES string of the molecule is CC(=O)OC[C@@H](OC(C)=O)[C@H](/C=C/[C@H]1[C@@H](Oc2ccccc2)C(=O)N1Cc1ccccc1)OC(C)=O. The van der Waals surface area contributed by atoms with Crippen LogP contribution in [0, 0.1) is 0 Å². The van der Waals surface area contributed by atoms with Crippen LogP contribution in [0.4, 0.5) is 0 Å². The summed E-state index contributed by atoms with van der Waals surface area (Å²) in [7, 11) is 0. The highest BCUT2D eigenvalue weighted by Crippen LogP contribution is 2.29. The molecule has 2 aromatic rings. The average molecular weight is 496 g/mol. The van der Waals surface area contributed by atoms with Crippen molar-refractivity contribution in [3.63, 3.8) is 0 Å². The molecule has 9 heteroatoms. The summed E-state index contributed by atoms with van der Waals surface area (Å²) >= 11 is 0. The highest BCUT2D eigenvalue weighted by Gasteiger charge is 2.48. The van der Waals surface area contributed by atoms with Crippen molar-refractivity contribution in [2.75, 3.05) is 6.61 Å². The van der Waals surface area contributed by atoms with Crippen molar-refractivity contribution >= 4 is 23.8 Å². The number of hydrogen-bond acceptors (Lipinski definition) is 8. The monoisotopic (exact) mass is 495 g/mol. The first-order valence-electron chi connectivity index (χ1n) is 11.5. The van der Waals surface area contributed by atoms with Gasteiger partial charge >= 0.3 is 17.9 Å². The maximum atomic E-state index is 13.0. The maximum absolute atomic E-state index is 13.0. The number of esters is 3. The zero-order valence-corrected chi connectivity index (χ0v) is 20.4. The molecular weight excluding hydrogens is 466 g/mol. The van der Waals surface area contributed by atoms with Gasteiger partial charge in [-0.3, -0.25) is 19.2 Å². The van der Waals surface area contributed by atoms with E-state index in [9.17, 15) is 19.2 Å². The number of amides is 1. The molecule has 1 amide bonds. The van der Waals surface area contributed by atoms with E-state index in [1.165, 1.54) is 26.8 Å². The fraction of sp³-hybridized carbons (Fsp3) is 0.333. The Hall–Kier alpha value is -4.14. The smallest absolute Gasteiger partial charge is 0.303 e. The number of β-lactam (4-membered cyclic amide) rings is 1. The highest BCUT2D eigenvalue weighted by atomic mass is 16.6. The van der Waals surface area contributed by atoms with Crippen molar-refractivity contribution in [2.45, 2.75) is 51.7 Å². The van der Waals surface area contributed by atoms with Gasteiger partial charge in [0.1, 0.15) is 12.4 Å². The molecule has 1 aliphatic rings. The predicted octanol–water partition coefficient (Wildman–Crippen LogP) is 2.83. The minimum atomic E-state index is -1.07. The first-order chi connectivity index (χ1) is 17.2. The normalized spacial score (nSPS) is 18.6. The third kappa shape index (κ3) is 7.43. The Morgan fingerprint density at radius 2 is 1.50 bits per heavy atom. The number of ether oxygens (including phenoxy) is 4. The van der Waals surface area contributed by atoms with Crippen molar-refractivity contribution in [3.8, 4) is 5.75 Å². The molecule has 1 saturated heterocycles. The lowest BCUT2D eigenvalue weighted by Gasteiger charge is -2.45. The summed E-state index contributed by atoms with van der Waals surface area (Å²) in [5, 5.41) is 0. The van der Waals surface area contributed by atoms with E-state index in [1.54, 1.807) is 35.2 Å². The number of hydrogen-bond donors (Lipinski definition) is 0. The first-order valence-corrected chi connectivity index (χ1v) is 11.5. The number of carbonyl (C=O) groups is 4. The van der Waals surface area contributed by atoms with Crippen molar-refractivity contribution in [1.82, 2.24) is 4.90 Å². The van der Waals surface area contributed by atoms with Gasteiger partial charge < -0.3 is 23.8 Å². The van der Waals surface area contributed by atoms with E-state index in [0.29, 0.717) is 12.3 Å². The molecule has 2 aromatic carbocycles. The second-order valence-electron chi connectivity index (χ2n) is 8.20.